The highest BCUT2D eigenvalue weighted by molar-refractivity contribution is 7.98. The highest BCUT2D eigenvalue weighted by atomic mass is 32.2. The molecule has 0 aliphatic carbocycles. The van der Waals surface area contributed by atoms with Crippen molar-refractivity contribution in [2.75, 3.05) is 12.4 Å². The number of aliphatic imine (C=N–C) groups is 1. The molecule has 0 saturated carbocycles. The zero-order valence-electron chi connectivity index (χ0n) is 15.8. The molecule has 144 valence electrons. The summed E-state index contributed by atoms with van der Waals surface area (Å²) >= 11 is 1.90. The van der Waals surface area contributed by atoms with Crippen molar-refractivity contribution in [3.8, 4) is 0 Å². The number of nitrogens with zero attached hydrogens (tertiary/aromatic N) is 2. The van der Waals surface area contributed by atoms with E-state index in [0.717, 1.165) is 22.8 Å². The molecule has 3 aromatic rings. The van der Waals surface area contributed by atoms with Gasteiger partial charge < -0.3 is 9.30 Å². The zero-order chi connectivity index (χ0) is 19.3. The van der Waals surface area contributed by atoms with Crippen LogP contribution in [-0.2, 0) is 17.0 Å². The third-order valence-corrected chi connectivity index (χ3v) is 5.99. The van der Waals surface area contributed by atoms with E-state index in [-0.39, 0.29) is 11.9 Å². The molecule has 0 fully saturated rings. The molecule has 3 nitrogen and oxygen atoms in total. The molecule has 0 radical (unpaired) electrons. The van der Waals surface area contributed by atoms with Crippen molar-refractivity contribution in [3.05, 3.63) is 95.1 Å². The summed E-state index contributed by atoms with van der Waals surface area (Å²) in [5, 5.41) is 0. The van der Waals surface area contributed by atoms with Crippen molar-refractivity contribution in [1.82, 2.24) is 4.57 Å². The van der Waals surface area contributed by atoms with Crippen molar-refractivity contribution in [2.45, 2.75) is 25.3 Å². The van der Waals surface area contributed by atoms with E-state index in [4.69, 9.17) is 9.73 Å². The maximum Gasteiger partial charge on any atom is 0.233 e. The third-order valence-electron chi connectivity index (χ3n) is 4.86. The number of hydrogen-bond acceptors (Lipinski definition) is 3. The third kappa shape index (κ3) is 4.47. The van der Waals surface area contributed by atoms with Gasteiger partial charge >= 0.3 is 0 Å². The first kappa shape index (κ1) is 18.8. The Kier molecular flexibility index (Phi) is 5.81. The molecule has 0 N–H and O–H groups in total. The molecular formula is C23H23FN2OS. The first-order valence-corrected chi connectivity index (χ1v) is 10.6. The van der Waals surface area contributed by atoms with E-state index in [9.17, 15) is 4.39 Å². The lowest BCUT2D eigenvalue weighted by molar-refractivity contribution is 0.323. The minimum absolute atomic E-state index is 0.179. The first-order chi connectivity index (χ1) is 13.7. The molecule has 0 spiro atoms. The standard InChI is InChI=1S/C23H23FN2OS/c1-17-5-2-3-6-19(17)15-28-16-21-14-27-23(25-21)22-7-4-12-26(22)13-18-8-10-20(24)11-9-18/h2-12,21H,13-16H2,1H3/t21-/m0/s1. The van der Waals surface area contributed by atoms with Crippen LogP contribution in [0.2, 0.25) is 0 Å². The van der Waals surface area contributed by atoms with E-state index in [1.807, 2.05) is 30.1 Å². The van der Waals surface area contributed by atoms with Gasteiger partial charge in [-0.15, -0.1) is 0 Å². The summed E-state index contributed by atoms with van der Waals surface area (Å²) in [4.78, 5) is 4.79. The number of aryl methyl sites for hydroxylation is 1. The highest BCUT2D eigenvalue weighted by Crippen LogP contribution is 2.21. The van der Waals surface area contributed by atoms with E-state index in [1.54, 1.807) is 12.1 Å². The smallest absolute Gasteiger partial charge is 0.233 e. The fourth-order valence-corrected chi connectivity index (χ4v) is 4.36. The van der Waals surface area contributed by atoms with Gasteiger partial charge in [-0.2, -0.15) is 11.8 Å². The van der Waals surface area contributed by atoms with Crippen LogP contribution >= 0.6 is 11.8 Å². The summed E-state index contributed by atoms with van der Waals surface area (Å²) in [5.74, 6) is 2.42. The van der Waals surface area contributed by atoms with Crippen LogP contribution in [0.1, 0.15) is 22.4 Å². The van der Waals surface area contributed by atoms with Gasteiger partial charge in [0, 0.05) is 24.2 Å². The van der Waals surface area contributed by atoms with Gasteiger partial charge in [0.15, 0.2) is 0 Å². The molecule has 5 heteroatoms. The SMILES string of the molecule is Cc1ccccc1CSC[C@@H]1COC(c2cccn2Cc2ccc(F)cc2)=N1. The molecule has 1 aromatic heterocycles. The average molecular weight is 395 g/mol. The normalized spacial score (nSPS) is 16.1. The Morgan fingerprint density at radius 3 is 2.75 bits per heavy atom. The Morgan fingerprint density at radius 1 is 1.11 bits per heavy atom. The number of hydrogen-bond donors (Lipinski definition) is 0. The van der Waals surface area contributed by atoms with Gasteiger partial charge in [0.05, 0.1) is 6.04 Å². The van der Waals surface area contributed by atoms with E-state index in [0.29, 0.717) is 19.0 Å². The second-order valence-electron chi connectivity index (χ2n) is 6.99. The van der Waals surface area contributed by atoms with Crippen LogP contribution in [0.3, 0.4) is 0 Å². The Balaban J connectivity index is 1.37. The van der Waals surface area contributed by atoms with E-state index < -0.39 is 0 Å². The van der Waals surface area contributed by atoms with Crippen molar-refractivity contribution < 1.29 is 9.13 Å². The van der Waals surface area contributed by atoms with Crippen LogP contribution < -0.4 is 0 Å². The van der Waals surface area contributed by atoms with Crippen LogP contribution in [0, 0.1) is 12.7 Å². The van der Waals surface area contributed by atoms with Crippen molar-refractivity contribution in [3.63, 3.8) is 0 Å². The Hall–Kier alpha value is -2.53. The summed E-state index contributed by atoms with van der Waals surface area (Å²) in [6, 6.07) is 19.3. The van der Waals surface area contributed by atoms with Crippen molar-refractivity contribution >= 4 is 17.7 Å². The molecule has 2 heterocycles. The molecule has 0 unspecified atom stereocenters. The zero-order valence-corrected chi connectivity index (χ0v) is 16.7. The predicted molar refractivity (Wildman–Crippen MR) is 114 cm³/mol. The van der Waals surface area contributed by atoms with Gasteiger partial charge in [0.2, 0.25) is 5.90 Å². The Morgan fingerprint density at radius 2 is 1.93 bits per heavy atom. The van der Waals surface area contributed by atoms with E-state index in [1.165, 1.54) is 23.3 Å². The van der Waals surface area contributed by atoms with Crippen molar-refractivity contribution in [2.24, 2.45) is 4.99 Å². The summed E-state index contributed by atoms with van der Waals surface area (Å²) < 4.78 is 21.1. The minimum Gasteiger partial charge on any atom is -0.474 e. The molecule has 1 atom stereocenters. The van der Waals surface area contributed by atoms with Gasteiger partial charge in [-0.1, -0.05) is 36.4 Å². The molecule has 0 saturated heterocycles. The van der Waals surface area contributed by atoms with Crippen LogP contribution in [0.4, 0.5) is 4.39 Å². The highest BCUT2D eigenvalue weighted by Gasteiger charge is 2.22. The number of halogens is 1. The lowest BCUT2D eigenvalue weighted by atomic mass is 10.1. The predicted octanol–water partition coefficient (Wildman–Crippen LogP) is 5.06. The first-order valence-electron chi connectivity index (χ1n) is 9.42. The summed E-state index contributed by atoms with van der Waals surface area (Å²) in [5.41, 5.74) is 4.72. The lowest BCUT2D eigenvalue weighted by Crippen LogP contribution is -2.11. The largest absolute Gasteiger partial charge is 0.474 e. The number of thioether (sulfide) groups is 1. The molecule has 1 aliphatic heterocycles. The Bertz CT molecular complexity index is 965. The number of rotatable bonds is 7. The summed E-state index contributed by atoms with van der Waals surface area (Å²) in [7, 11) is 0. The number of ether oxygens (including phenoxy) is 1. The second kappa shape index (κ2) is 8.65. The molecule has 0 amide bonds. The van der Waals surface area contributed by atoms with E-state index in [2.05, 4.69) is 35.8 Å². The monoisotopic (exact) mass is 394 g/mol. The van der Waals surface area contributed by atoms with Gasteiger partial charge in [-0.3, -0.25) is 0 Å². The number of benzene rings is 2. The fourth-order valence-electron chi connectivity index (χ4n) is 3.25. The molecule has 28 heavy (non-hydrogen) atoms. The fraction of sp³-hybridized carbons (Fsp3) is 0.261. The van der Waals surface area contributed by atoms with Crippen LogP contribution in [0.5, 0.6) is 0 Å². The average Bonchev–Trinajstić information content (AvgIpc) is 3.34. The quantitative estimate of drug-likeness (QED) is 0.560. The minimum atomic E-state index is -0.217. The lowest BCUT2D eigenvalue weighted by Gasteiger charge is -2.09. The topological polar surface area (TPSA) is 26.5 Å². The van der Waals surface area contributed by atoms with Gasteiger partial charge in [0.25, 0.3) is 0 Å². The van der Waals surface area contributed by atoms with Crippen molar-refractivity contribution in [1.29, 1.82) is 0 Å². The summed E-state index contributed by atoms with van der Waals surface area (Å²) in [6.07, 6.45) is 2.00. The molecular weight excluding hydrogens is 371 g/mol. The van der Waals surface area contributed by atoms with Gasteiger partial charge in [-0.05, 0) is 47.9 Å². The van der Waals surface area contributed by atoms with Crippen LogP contribution in [0.15, 0.2) is 71.9 Å². The molecule has 1 aliphatic rings. The molecule has 0 bridgehead atoms. The van der Waals surface area contributed by atoms with Crippen LogP contribution in [-0.4, -0.2) is 28.9 Å². The van der Waals surface area contributed by atoms with E-state index >= 15 is 0 Å². The molecule has 4 rings (SSSR count). The second-order valence-corrected chi connectivity index (χ2v) is 8.02. The maximum absolute atomic E-state index is 13.1. The molecule has 2 aromatic carbocycles. The van der Waals surface area contributed by atoms with Gasteiger partial charge in [-0.25, -0.2) is 9.38 Å². The van der Waals surface area contributed by atoms with Gasteiger partial charge in [0.1, 0.15) is 18.1 Å². The number of aromatic nitrogens is 1. The Labute approximate surface area is 169 Å². The van der Waals surface area contributed by atoms with Crippen LogP contribution in [0.25, 0.3) is 0 Å². The maximum atomic E-state index is 13.1. The summed E-state index contributed by atoms with van der Waals surface area (Å²) in [6.45, 7) is 3.44.